The Kier molecular flexibility index (Phi) is 6.39. The number of hydrogen-bond donors (Lipinski definition) is 2. The largest absolute Gasteiger partial charge is 0.504 e. The standard InChI is InChI=1S/C21H18FN3O6/c1-3-31-21(29)19(27)25-18-14-9-12(8-11-4-6-13(22)7-5-11)10-23-15(14)17(26)16(24-18)20(28)30-2/h4-7,9-10,26H,3,8H2,1-2H3,(H,24,25,27). The first-order valence-corrected chi connectivity index (χ1v) is 9.16. The molecule has 0 fully saturated rings. The van der Waals surface area contributed by atoms with E-state index in [1.165, 1.54) is 18.3 Å². The number of carbonyl (C=O) groups excluding carboxylic acids is 3. The zero-order valence-electron chi connectivity index (χ0n) is 16.6. The van der Waals surface area contributed by atoms with E-state index in [-0.39, 0.29) is 29.1 Å². The molecule has 31 heavy (non-hydrogen) atoms. The number of esters is 2. The van der Waals surface area contributed by atoms with E-state index in [1.807, 2.05) is 0 Å². The summed E-state index contributed by atoms with van der Waals surface area (Å²) in [5.74, 6) is -4.29. The van der Waals surface area contributed by atoms with Gasteiger partial charge in [0.15, 0.2) is 11.4 Å². The van der Waals surface area contributed by atoms with Crippen LogP contribution < -0.4 is 5.32 Å². The van der Waals surface area contributed by atoms with Gasteiger partial charge < -0.3 is 19.9 Å². The van der Waals surface area contributed by atoms with Gasteiger partial charge >= 0.3 is 17.8 Å². The summed E-state index contributed by atoms with van der Waals surface area (Å²) < 4.78 is 22.4. The van der Waals surface area contributed by atoms with Crippen LogP contribution in [0.25, 0.3) is 10.9 Å². The van der Waals surface area contributed by atoms with Crippen LogP contribution in [0.3, 0.4) is 0 Å². The first-order chi connectivity index (χ1) is 14.8. The molecule has 0 atom stereocenters. The van der Waals surface area contributed by atoms with Gasteiger partial charge in [0.2, 0.25) is 0 Å². The molecule has 3 rings (SSSR count). The van der Waals surface area contributed by atoms with Crippen molar-refractivity contribution in [2.45, 2.75) is 13.3 Å². The van der Waals surface area contributed by atoms with Crippen LogP contribution in [0.4, 0.5) is 10.2 Å². The molecule has 160 valence electrons. The minimum absolute atomic E-state index is 0.00715. The Labute approximate surface area is 175 Å². The number of methoxy groups -OCH3 is 1. The maximum atomic E-state index is 13.1. The number of halogens is 1. The van der Waals surface area contributed by atoms with Gasteiger partial charge in [-0.1, -0.05) is 12.1 Å². The van der Waals surface area contributed by atoms with Gasteiger partial charge in [-0.25, -0.2) is 19.0 Å². The van der Waals surface area contributed by atoms with E-state index < -0.39 is 29.3 Å². The summed E-state index contributed by atoms with van der Waals surface area (Å²) in [4.78, 5) is 44.0. The number of rotatable bonds is 5. The molecule has 0 saturated carbocycles. The molecule has 3 aromatic rings. The first kappa shape index (κ1) is 21.6. The minimum Gasteiger partial charge on any atom is -0.504 e. The zero-order chi connectivity index (χ0) is 22.5. The smallest absolute Gasteiger partial charge is 0.397 e. The van der Waals surface area contributed by atoms with E-state index in [0.717, 1.165) is 12.7 Å². The van der Waals surface area contributed by atoms with Gasteiger partial charge in [-0.05, 0) is 42.7 Å². The van der Waals surface area contributed by atoms with Gasteiger partial charge in [0.1, 0.15) is 17.2 Å². The van der Waals surface area contributed by atoms with Gasteiger partial charge in [0.25, 0.3) is 0 Å². The molecule has 0 unspecified atom stereocenters. The Bertz CT molecular complexity index is 1160. The number of carbonyl (C=O) groups is 3. The van der Waals surface area contributed by atoms with Crippen molar-refractivity contribution < 1.29 is 33.4 Å². The highest BCUT2D eigenvalue weighted by Crippen LogP contribution is 2.32. The SMILES string of the molecule is CCOC(=O)C(=O)Nc1nc(C(=O)OC)c(O)c2ncc(Cc3ccc(F)cc3)cc12. The fourth-order valence-electron chi connectivity index (χ4n) is 2.84. The quantitative estimate of drug-likeness (QED) is 0.469. The number of ether oxygens (including phenoxy) is 2. The number of hydrogen-bond acceptors (Lipinski definition) is 8. The summed E-state index contributed by atoms with van der Waals surface area (Å²) >= 11 is 0. The normalized spacial score (nSPS) is 10.5. The Morgan fingerprint density at radius 2 is 1.87 bits per heavy atom. The molecular weight excluding hydrogens is 409 g/mol. The van der Waals surface area contributed by atoms with Gasteiger partial charge in [-0.2, -0.15) is 0 Å². The lowest BCUT2D eigenvalue weighted by Gasteiger charge is -2.12. The van der Waals surface area contributed by atoms with E-state index in [0.29, 0.717) is 12.0 Å². The third-order valence-electron chi connectivity index (χ3n) is 4.26. The Morgan fingerprint density at radius 1 is 1.16 bits per heavy atom. The van der Waals surface area contributed by atoms with Gasteiger partial charge in [0.05, 0.1) is 13.7 Å². The van der Waals surface area contributed by atoms with Crippen molar-refractivity contribution in [1.29, 1.82) is 0 Å². The average Bonchev–Trinajstić information content (AvgIpc) is 2.76. The fourth-order valence-corrected chi connectivity index (χ4v) is 2.84. The number of fused-ring (bicyclic) bond motifs is 1. The van der Waals surface area contributed by atoms with Crippen molar-refractivity contribution in [1.82, 2.24) is 9.97 Å². The molecule has 0 saturated heterocycles. The number of nitrogens with zero attached hydrogens (tertiary/aromatic N) is 2. The molecular formula is C21H18FN3O6. The number of pyridine rings is 2. The highest BCUT2D eigenvalue weighted by atomic mass is 19.1. The van der Waals surface area contributed by atoms with E-state index in [4.69, 9.17) is 0 Å². The van der Waals surface area contributed by atoms with Crippen LogP contribution in [-0.4, -0.2) is 46.6 Å². The molecule has 0 radical (unpaired) electrons. The summed E-state index contributed by atoms with van der Waals surface area (Å²) in [7, 11) is 1.10. The number of aromatic nitrogens is 2. The number of anilines is 1. The van der Waals surface area contributed by atoms with Crippen molar-refractivity contribution in [3.05, 3.63) is 59.2 Å². The number of aromatic hydroxyl groups is 1. The van der Waals surface area contributed by atoms with Crippen LogP contribution in [0.5, 0.6) is 5.75 Å². The zero-order valence-corrected chi connectivity index (χ0v) is 16.6. The van der Waals surface area contributed by atoms with Gasteiger partial charge in [-0.15, -0.1) is 0 Å². The number of benzene rings is 1. The molecule has 10 heteroatoms. The number of amides is 1. The second kappa shape index (κ2) is 9.16. The monoisotopic (exact) mass is 427 g/mol. The summed E-state index contributed by atoms with van der Waals surface area (Å²) in [5.41, 5.74) is 0.936. The van der Waals surface area contributed by atoms with Crippen molar-refractivity contribution in [2.24, 2.45) is 0 Å². The topological polar surface area (TPSA) is 128 Å². The predicted molar refractivity (Wildman–Crippen MR) is 107 cm³/mol. The average molecular weight is 427 g/mol. The highest BCUT2D eigenvalue weighted by Gasteiger charge is 2.24. The lowest BCUT2D eigenvalue weighted by atomic mass is 10.0. The third-order valence-corrected chi connectivity index (χ3v) is 4.26. The molecule has 0 aliphatic carbocycles. The molecule has 0 spiro atoms. The summed E-state index contributed by atoms with van der Waals surface area (Å²) in [6.45, 7) is 1.53. The van der Waals surface area contributed by atoms with Gasteiger partial charge in [-0.3, -0.25) is 9.78 Å². The lowest BCUT2D eigenvalue weighted by molar-refractivity contribution is -0.152. The van der Waals surface area contributed by atoms with Crippen molar-refractivity contribution in [3.63, 3.8) is 0 Å². The van der Waals surface area contributed by atoms with Crippen LogP contribution in [0.2, 0.25) is 0 Å². The molecule has 0 bridgehead atoms. The highest BCUT2D eigenvalue weighted by molar-refractivity contribution is 6.37. The summed E-state index contributed by atoms with van der Waals surface area (Å²) in [6.07, 6.45) is 1.83. The van der Waals surface area contributed by atoms with Crippen LogP contribution in [-0.2, 0) is 25.5 Å². The van der Waals surface area contributed by atoms with Crippen molar-refractivity contribution in [2.75, 3.05) is 19.0 Å². The van der Waals surface area contributed by atoms with Crippen LogP contribution >= 0.6 is 0 Å². The summed E-state index contributed by atoms with van der Waals surface area (Å²) in [5, 5.41) is 12.9. The molecule has 9 nitrogen and oxygen atoms in total. The predicted octanol–water partition coefficient (Wildman–Crippen LogP) is 2.35. The first-order valence-electron chi connectivity index (χ1n) is 9.16. The van der Waals surface area contributed by atoms with Crippen molar-refractivity contribution >= 4 is 34.6 Å². The van der Waals surface area contributed by atoms with E-state index in [9.17, 15) is 23.9 Å². The molecule has 0 aliphatic rings. The second-order valence-corrected chi connectivity index (χ2v) is 6.37. The third kappa shape index (κ3) is 4.74. The Hall–Kier alpha value is -4.08. The second-order valence-electron chi connectivity index (χ2n) is 6.37. The molecule has 2 aromatic heterocycles. The lowest BCUT2D eigenvalue weighted by Crippen LogP contribution is -2.26. The Balaban J connectivity index is 2.08. The summed E-state index contributed by atoms with van der Waals surface area (Å²) in [6, 6.07) is 7.45. The molecule has 1 aromatic carbocycles. The maximum Gasteiger partial charge on any atom is 0.397 e. The van der Waals surface area contributed by atoms with E-state index in [1.54, 1.807) is 25.1 Å². The van der Waals surface area contributed by atoms with Crippen molar-refractivity contribution in [3.8, 4) is 5.75 Å². The number of nitrogens with one attached hydrogen (secondary N) is 1. The van der Waals surface area contributed by atoms with Crippen LogP contribution in [0.1, 0.15) is 28.5 Å². The maximum absolute atomic E-state index is 13.1. The van der Waals surface area contributed by atoms with E-state index in [2.05, 4.69) is 24.8 Å². The molecule has 0 aliphatic heterocycles. The Morgan fingerprint density at radius 3 is 2.52 bits per heavy atom. The molecule has 2 heterocycles. The van der Waals surface area contributed by atoms with Crippen LogP contribution in [0.15, 0.2) is 36.5 Å². The minimum atomic E-state index is -1.14. The molecule has 2 N–H and O–H groups in total. The van der Waals surface area contributed by atoms with Crippen LogP contribution in [0, 0.1) is 5.82 Å². The van der Waals surface area contributed by atoms with E-state index >= 15 is 0 Å². The van der Waals surface area contributed by atoms with Gasteiger partial charge in [0, 0.05) is 11.6 Å². The molecule has 1 amide bonds. The fraction of sp³-hybridized carbons (Fsp3) is 0.190.